The summed E-state index contributed by atoms with van der Waals surface area (Å²) in [7, 11) is 0. The molecule has 78 valence electrons. The number of hydrogen-bond donors (Lipinski definition) is 0. The molecule has 0 bridgehead atoms. The first-order chi connectivity index (χ1) is 7.08. The summed E-state index contributed by atoms with van der Waals surface area (Å²) in [5.74, 6) is -1.41. The molecule has 3 nitrogen and oxygen atoms in total. The van der Waals surface area contributed by atoms with Gasteiger partial charge in [0.05, 0.1) is 16.7 Å². The second-order valence-corrected chi connectivity index (χ2v) is 3.09. The van der Waals surface area contributed by atoms with Gasteiger partial charge in [-0.1, -0.05) is 18.2 Å². The van der Waals surface area contributed by atoms with Crippen molar-refractivity contribution in [1.29, 1.82) is 0 Å². The van der Waals surface area contributed by atoms with Crippen LogP contribution in [0.1, 0.15) is 20.8 Å². The summed E-state index contributed by atoms with van der Waals surface area (Å²) in [6.45, 7) is 4.84. The molecule has 0 aliphatic heterocycles. The Balaban J connectivity index is 3.42. The third kappa shape index (κ3) is 1.61. The van der Waals surface area contributed by atoms with Gasteiger partial charge in [0.2, 0.25) is 0 Å². The Morgan fingerprint density at radius 3 is 0.933 bits per heavy atom. The van der Waals surface area contributed by atoms with Crippen LogP contribution in [0.5, 0.6) is 0 Å². The van der Waals surface area contributed by atoms with Crippen molar-refractivity contribution in [3.8, 4) is 0 Å². The summed E-state index contributed by atoms with van der Waals surface area (Å²) in [5, 5.41) is 0. The zero-order valence-corrected chi connectivity index (χ0v) is 8.96. The highest BCUT2D eigenvalue weighted by molar-refractivity contribution is 6.51. The zero-order valence-electron chi connectivity index (χ0n) is 8.96. The van der Waals surface area contributed by atoms with E-state index in [1.54, 1.807) is 20.8 Å². The van der Waals surface area contributed by atoms with E-state index in [1.165, 1.54) is 18.2 Å². The second-order valence-electron chi connectivity index (χ2n) is 3.09. The molecule has 1 saturated carbocycles. The number of ketones is 3. The second kappa shape index (κ2) is 4.17. The number of carbonyl (C=O) groups is 3. The van der Waals surface area contributed by atoms with Crippen LogP contribution in [0.25, 0.3) is 0 Å². The Morgan fingerprint density at radius 2 is 0.800 bits per heavy atom. The van der Waals surface area contributed by atoms with Gasteiger partial charge >= 0.3 is 0 Å². The van der Waals surface area contributed by atoms with Crippen molar-refractivity contribution in [3.63, 3.8) is 0 Å². The van der Waals surface area contributed by atoms with Crippen LogP contribution >= 0.6 is 0 Å². The summed E-state index contributed by atoms with van der Waals surface area (Å²) >= 11 is 0. The van der Waals surface area contributed by atoms with E-state index in [0.717, 1.165) is 0 Å². The molecule has 0 aromatic heterocycles. The summed E-state index contributed by atoms with van der Waals surface area (Å²) in [4.78, 5) is 35.0. The van der Waals surface area contributed by atoms with Crippen molar-refractivity contribution in [2.24, 2.45) is 0 Å². The molecule has 0 heterocycles. The van der Waals surface area contributed by atoms with E-state index in [0.29, 0.717) is 0 Å². The molecule has 3 heteroatoms. The third-order valence-electron chi connectivity index (χ3n) is 2.33. The monoisotopic (exact) mass is 204 g/mol. The smallest absolute Gasteiger partial charge is 0.200 e. The molecule has 0 N–H and O–H groups in total. The highest BCUT2D eigenvalue weighted by atomic mass is 16.2. The Kier molecular flexibility index (Phi) is 3.14. The molecular weight excluding hydrogens is 192 g/mol. The molecule has 0 aromatic rings. The zero-order chi connectivity index (χ0) is 11.6. The fraction of sp³-hybridized carbons (Fsp3) is 0.250. The van der Waals surface area contributed by atoms with Gasteiger partial charge < -0.3 is 0 Å². The van der Waals surface area contributed by atoms with Crippen molar-refractivity contribution in [1.82, 2.24) is 0 Å². The normalized spacial score (nSPS) is 17.0. The summed E-state index contributed by atoms with van der Waals surface area (Å²) in [6.07, 6.45) is 4.35. The average molecular weight is 204 g/mol. The van der Waals surface area contributed by atoms with Crippen molar-refractivity contribution in [2.75, 3.05) is 0 Å². The van der Waals surface area contributed by atoms with E-state index in [9.17, 15) is 14.4 Å². The molecule has 15 heavy (non-hydrogen) atoms. The Hall–Kier alpha value is -1.77. The summed E-state index contributed by atoms with van der Waals surface area (Å²) in [5.41, 5.74) is 0.238. The van der Waals surface area contributed by atoms with Crippen molar-refractivity contribution in [2.45, 2.75) is 20.8 Å². The van der Waals surface area contributed by atoms with Gasteiger partial charge in [-0.25, -0.2) is 0 Å². The number of allylic oxidation sites excluding steroid dienone is 6. The van der Waals surface area contributed by atoms with E-state index in [-0.39, 0.29) is 16.7 Å². The number of hydrogen-bond acceptors (Lipinski definition) is 3. The quantitative estimate of drug-likeness (QED) is 0.444. The first kappa shape index (κ1) is 11.3. The maximum absolute atomic E-state index is 11.7. The molecule has 0 saturated heterocycles. The topological polar surface area (TPSA) is 51.2 Å². The van der Waals surface area contributed by atoms with Gasteiger partial charge in [0.1, 0.15) is 0 Å². The third-order valence-corrected chi connectivity index (χ3v) is 2.33. The Morgan fingerprint density at radius 1 is 0.600 bits per heavy atom. The van der Waals surface area contributed by atoms with Crippen LogP contribution in [-0.2, 0) is 14.4 Å². The van der Waals surface area contributed by atoms with Gasteiger partial charge in [0, 0.05) is 0 Å². The lowest BCUT2D eigenvalue weighted by Gasteiger charge is -2.16. The predicted molar refractivity (Wildman–Crippen MR) is 56.3 cm³/mol. The first-order valence-electron chi connectivity index (χ1n) is 4.71. The minimum atomic E-state index is -0.472. The van der Waals surface area contributed by atoms with Gasteiger partial charge in [0.25, 0.3) is 0 Å². The van der Waals surface area contributed by atoms with Crippen LogP contribution in [0.15, 0.2) is 34.9 Å². The van der Waals surface area contributed by atoms with Crippen LogP contribution < -0.4 is 0 Å². The molecule has 0 amide bonds. The van der Waals surface area contributed by atoms with E-state index >= 15 is 0 Å². The maximum Gasteiger partial charge on any atom is 0.200 e. The van der Waals surface area contributed by atoms with Crippen LogP contribution in [-0.4, -0.2) is 17.3 Å². The minimum absolute atomic E-state index is 0.0794. The fourth-order valence-corrected chi connectivity index (χ4v) is 1.53. The lowest BCUT2D eigenvalue weighted by atomic mass is 9.82. The van der Waals surface area contributed by atoms with Crippen LogP contribution in [0.3, 0.4) is 0 Å². The van der Waals surface area contributed by atoms with Gasteiger partial charge in [-0.3, -0.25) is 14.4 Å². The van der Waals surface area contributed by atoms with Crippen LogP contribution in [0.4, 0.5) is 0 Å². The van der Waals surface area contributed by atoms with E-state index < -0.39 is 17.3 Å². The average Bonchev–Trinajstić information content (AvgIpc) is 2.19. The van der Waals surface area contributed by atoms with Gasteiger partial charge in [-0.2, -0.15) is 0 Å². The molecule has 1 fully saturated rings. The Labute approximate surface area is 88.2 Å². The van der Waals surface area contributed by atoms with Crippen LogP contribution in [0, 0.1) is 0 Å². The van der Waals surface area contributed by atoms with Gasteiger partial charge in [-0.05, 0) is 20.8 Å². The van der Waals surface area contributed by atoms with E-state index in [1.807, 2.05) is 0 Å². The van der Waals surface area contributed by atoms with Gasteiger partial charge in [-0.15, -0.1) is 0 Å². The van der Waals surface area contributed by atoms with Crippen molar-refractivity contribution >= 4 is 17.3 Å². The summed E-state index contributed by atoms with van der Waals surface area (Å²) in [6, 6.07) is 0. The highest BCUT2D eigenvalue weighted by Crippen LogP contribution is 2.23. The van der Waals surface area contributed by atoms with Crippen molar-refractivity contribution in [3.05, 3.63) is 34.9 Å². The number of Topliss-reactive ketones (excluding diaryl/α,β-unsaturated/α-hetero) is 3. The lowest BCUT2D eigenvalue weighted by molar-refractivity contribution is -0.124. The van der Waals surface area contributed by atoms with Crippen molar-refractivity contribution < 1.29 is 14.4 Å². The van der Waals surface area contributed by atoms with Crippen LogP contribution in [0.2, 0.25) is 0 Å². The first-order valence-corrected chi connectivity index (χ1v) is 4.71. The lowest BCUT2D eigenvalue weighted by Crippen LogP contribution is -2.31. The molecule has 0 atom stereocenters. The van der Waals surface area contributed by atoms with E-state index in [4.69, 9.17) is 0 Å². The minimum Gasteiger partial charge on any atom is -0.288 e. The fourth-order valence-electron chi connectivity index (χ4n) is 1.53. The molecule has 0 radical (unpaired) electrons. The largest absolute Gasteiger partial charge is 0.288 e. The molecule has 0 unspecified atom stereocenters. The van der Waals surface area contributed by atoms with E-state index in [2.05, 4.69) is 0 Å². The SMILES string of the molecule is CC=C1C(=O)C(=CC)C(=O)C(=CC)C1=O. The van der Waals surface area contributed by atoms with Gasteiger partial charge in [0.15, 0.2) is 17.3 Å². The molecule has 1 aliphatic rings. The molecule has 0 aromatic carbocycles. The molecule has 0 spiro atoms. The predicted octanol–water partition coefficient (Wildman–Crippen LogP) is 1.55. The number of rotatable bonds is 0. The molecular formula is C12H12O3. The molecule has 1 aliphatic carbocycles. The standard InChI is InChI=1S/C12H12O3/c1-4-7-10(13)8(5-2)12(15)9(6-3)11(7)14/h4-6H,1-3H3. The highest BCUT2D eigenvalue weighted by Gasteiger charge is 2.36. The molecule has 1 rings (SSSR count). The summed E-state index contributed by atoms with van der Waals surface area (Å²) < 4.78 is 0. The maximum atomic E-state index is 11.7. The Bertz CT molecular complexity index is 343. The number of carbonyl (C=O) groups excluding carboxylic acids is 3.